The molecule has 0 radical (unpaired) electrons. The van der Waals surface area contributed by atoms with Gasteiger partial charge in [-0.2, -0.15) is 0 Å². The summed E-state index contributed by atoms with van der Waals surface area (Å²) < 4.78 is 1.39. The fraction of sp³-hybridized carbons (Fsp3) is 0.625. The van der Waals surface area contributed by atoms with Crippen molar-refractivity contribution in [2.75, 3.05) is 11.5 Å². The number of benzene rings is 1. The third kappa shape index (κ3) is 3.54. The van der Waals surface area contributed by atoms with E-state index in [1.54, 1.807) is 0 Å². The van der Waals surface area contributed by atoms with Crippen LogP contribution in [0.1, 0.15) is 39.7 Å². The summed E-state index contributed by atoms with van der Waals surface area (Å²) in [5, 5.41) is 0. The minimum atomic E-state index is 0.223. The van der Waals surface area contributed by atoms with E-state index >= 15 is 0 Å². The van der Waals surface area contributed by atoms with E-state index in [1.165, 1.54) is 23.5 Å². The highest BCUT2D eigenvalue weighted by Gasteiger charge is 2.39. The molecule has 0 saturated carbocycles. The Morgan fingerprint density at radius 3 is 2.21 bits per heavy atom. The monoisotopic (exact) mass is 358 g/mol. The van der Waals surface area contributed by atoms with Crippen molar-refractivity contribution in [3.8, 4) is 0 Å². The van der Waals surface area contributed by atoms with Gasteiger partial charge < -0.3 is 0 Å². The van der Waals surface area contributed by atoms with Gasteiger partial charge in [0, 0.05) is 4.47 Å². The first-order valence-electron chi connectivity index (χ1n) is 6.91. The van der Waals surface area contributed by atoms with Crippen molar-refractivity contribution in [3.05, 3.63) is 34.3 Å². The molecule has 1 aromatic carbocycles. The number of halogens is 1. The highest BCUT2D eigenvalue weighted by molar-refractivity contribution is 9.10. The molecule has 0 aliphatic carbocycles. The zero-order valence-electron chi connectivity index (χ0n) is 12.2. The molecule has 19 heavy (non-hydrogen) atoms. The van der Waals surface area contributed by atoms with E-state index in [-0.39, 0.29) is 4.08 Å². The van der Waals surface area contributed by atoms with Crippen molar-refractivity contribution >= 4 is 39.5 Å². The van der Waals surface area contributed by atoms with Gasteiger partial charge >= 0.3 is 0 Å². The summed E-state index contributed by atoms with van der Waals surface area (Å²) in [5.41, 5.74) is 1.92. The van der Waals surface area contributed by atoms with Gasteiger partial charge in [-0.05, 0) is 47.5 Å². The molecule has 0 unspecified atom stereocenters. The third-order valence-electron chi connectivity index (χ3n) is 4.50. The second kappa shape index (κ2) is 6.03. The number of hydrogen-bond donors (Lipinski definition) is 0. The zero-order valence-corrected chi connectivity index (χ0v) is 15.4. The maximum Gasteiger partial charge on any atom is 0.0832 e. The lowest BCUT2D eigenvalue weighted by atomic mass is 9.79. The molecule has 1 saturated heterocycles. The van der Waals surface area contributed by atoms with Gasteiger partial charge in [0.15, 0.2) is 0 Å². The summed E-state index contributed by atoms with van der Waals surface area (Å²) in [6.45, 7) is 9.53. The number of hydrogen-bond acceptors (Lipinski definition) is 2. The minimum absolute atomic E-state index is 0.223. The Balaban J connectivity index is 2.08. The Labute approximate surface area is 134 Å². The topological polar surface area (TPSA) is 0 Å². The molecule has 0 aromatic heterocycles. The van der Waals surface area contributed by atoms with Crippen LogP contribution in [0.2, 0.25) is 0 Å². The van der Waals surface area contributed by atoms with Gasteiger partial charge in [0.05, 0.1) is 4.08 Å². The molecule has 1 heterocycles. The second-order valence-corrected chi connectivity index (χ2v) is 10.2. The van der Waals surface area contributed by atoms with E-state index in [4.69, 9.17) is 0 Å². The molecule has 0 spiro atoms. The molecule has 0 amide bonds. The molecule has 0 N–H and O–H groups in total. The van der Waals surface area contributed by atoms with Crippen molar-refractivity contribution in [2.24, 2.45) is 11.3 Å². The van der Waals surface area contributed by atoms with Crippen molar-refractivity contribution in [3.63, 3.8) is 0 Å². The molecular formula is C16H23BrS2. The molecule has 3 heteroatoms. The molecule has 2 rings (SSSR count). The average molecular weight is 359 g/mol. The van der Waals surface area contributed by atoms with Gasteiger partial charge in [-0.25, -0.2) is 0 Å². The molecular weight excluding hydrogens is 336 g/mol. The molecule has 0 atom stereocenters. The van der Waals surface area contributed by atoms with Crippen LogP contribution in [0.15, 0.2) is 28.7 Å². The van der Waals surface area contributed by atoms with Crippen LogP contribution in [0.3, 0.4) is 0 Å². The van der Waals surface area contributed by atoms with Crippen molar-refractivity contribution in [2.45, 2.75) is 38.2 Å². The van der Waals surface area contributed by atoms with Gasteiger partial charge in [0.25, 0.3) is 0 Å². The Morgan fingerprint density at radius 2 is 1.74 bits per heavy atom. The first-order valence-corrected chi connectivity index (χ1v) is 9.68. The largest absolute Gasteiger partial charge is 0.139 e. The number of rotatable bonds is 3. The van der Waals surface area contributed by atoms with Gasteiger partial charge in [-0.1, -0.05) is 55.3 Å². The predicted octanol–water partition coefficient (Wildman–Crippen LogP) is 6.15. The maximum absolute atomic E-state index is 3.52. The Hall–Kier alpha value is 0.400. The molecule has 0 nitrogen and oxygen atoms in total. The summed E-state index contributed by atoms with van der Waals surface area (Å²) in [6.07, 6.45) is 1.27. The lowest BCUT2D eigenvalue weighted by Gasteiger charge is -2.42. The molecule has 1 aliphatic rings. The van der Waals surface area contributed by atoms with Crippen LogP contribution in [-0.4, -0.2) is 11.5 Å². The van der Waals surface area contributed by atoms with Crippen LogP contribution >= 0.6 is 39.5 Å². The van der Waals surface area contributed by atoms with Gasteiger partial charge in [0.2, 0.25) is 0 Å². The van der Waals surface area contributed by atoms with E-state index in [2.05, 4.69) is 91.4 Å². The molecule has 1 aliphatic heterocycles. The minimum Gasteiger partial charge on any atom is -0.139 e. The highest BCUT2D eigenvalue weighted by Crippen LogP contribution is 2.54. The summed E-state index contributed by atoms with van der Waals surface area (Å²) in [4.78, 5) is 0. The Kier molecular flexibility index (Phi) is 5.01. The summed E-state index contributed by atoms with van der Waals surface area (Å²) in [7, 11) is 0. The maximum atomic E-state index is 3.52. The smallest absolute Gasteiger partial charge is 0.0832 e. The quantitative estimate of drug-likeness (QED) is 0.634. The first-order chi connectivity index (χ1) is 8.87. The third-order valence-corrected chi connectivity index (χ3v) is 8.45. The number of thioether (sulfide) groups is 2. The molecule has 106 valence electrons. The van der Waals surface area contributed by atoms with Crippen LogP contribution in [0.5, 0.6) is 0 Å². The first kappa shape index (κ1) is 15.8. The highest BCUT2D eigenvalue weighted by atomic mass is 79.9. The van der Waals surface area contributed by atoms with Crippen LogP contribution in [0.4, 0.5) is 0 Å². The van der Waals surface area contributed by atoms with Crippen LogP contribution < -0.4 is 0 Å². The van der Waals surface area contributed by atoms with Crippen LogP contribution in [-0.2, 0) is 4.08 Å². The van der Waals surface area contributed by atoms with Crippen molar-refractivity contribution in [1.82, 2.24) is 0 Å². The lowest BCUT2D eigenvalue weighted by Crippen LogP contribution is -2.34. The normalized spacial score (nSPS) is 28.4. The fourth-order valence-corrected chi connectivity index (χ4v) is 6.21. The Morgan fingerprint density at radius 1 is 1.21 bits per heavy atom. The van der Waals surface area contributed by atoms with Gasteiger partial charge in [0.1, 0.15) is 0 Å². The Bertz CT molecular complexity index is 417. The van der Waals surface area contributed by atoms with E-state index < -0.39 is 0 Å². The SMILES string of the molecule is CCC(C)(C)C1CSC(C)(c2ccc(Br)cc2)SC1. The van der Waals surface area contributed by atoms with Crippen molar-refractivity contribution in [1.29, 1.82) is 0 Å². The predicted molar refractivity (Wildman–Crippen MR) is 94.0 cm³/mol. The molecule has 0 bridgehead atoms. The van der Waals surface area contributed by atoms with Gasteiger partial charge in [-0.3, -0.25) is 0 Å². The average Bonchev–Trinajstić information content (AvgIpc) is 2.40. The fourth-order valence-electron chi connectivity index (χ4n) is 2.27. The lowest BCUT2D eigenvalue weighted by molar-refractivity contribution is 0.247. The van der Waals surface area contributed by atoms with E-state index in [1.807, 2.05) is 0 Å². The summed E-state index contributed by atoms with van der Waals surface area (Å²) in [5.74, 6) is 3.39. The second-order valence-electron chi connectivity index (χ2n) is 6.11. The van der Waals surface area contributed by atoms with Crippen LogP contribution in [0.25, 0.3) is 0 Å². The van der Waals surface area contributed by atoms with E-state index in [9.17, 15) is 0 Å². The summed E-state index contributed by atoms with van der Waals surface area (Å²) >= 11 is 7.76. The zero-order chi connectivity index (χ0) is 14.1. The van der Waals surface area contributed by atoms with Crippen molar-refractivity contribution < 1.29 is 0 Å². The van der Waals surface area contributed by atoms with E-state index in [0.717, 1.165) is 10.4 Å². The van der Waals surface area contributed by atoms with E-state index in [0.29, 0.717) is 5.41 Å². The standard InChI is InChI=1S/C16H23BrS2/c1-5-15(2,3)13-10-18-16(4,19-11-13)12-6-8-14(17)9-7-12/h6-9,13H,5,10-11H2,1-4H3. The van der Waals surface area contributed by atoms with Gasteiger partial charge in [-0.15, -0.1) is 23.5 Å². The molecule has 1 aromatic rings. The summed E-state index contributed by atoms with van der Waals surface area (Å²) in [6, 6.07) is 8.83. The molecule has 1 fully saturated rings. The van der Waals surface area contributed by atoms with Crippen LogP contribution in [0, 0.1) is 11.3 Å².